The van der Waals surface area contributed by atoms with Crippen molar-refractivity contribution in [2.75, 3.05) is 6.54 Å². The standard InChI is InChI=1S/C18H25NS.2C2H6/c1-5-7-8-9-14-19(15-16(3)4)20-18-12-10-17(6-2)11-13-18;2*1-2/h2,9-14,16H,5,7-8,15H2,1,3-4H3;2*1-2H3/b14-9+;;. The van der Waals surface area contributed by atoms with Crippen LogP contribution in [0.5, 0.6) is 0 Å². The van der Waals surface area contributed by atoms with Gasteiger partial charge in [0.2, 0.25) is 0 Å². The van der Waals surface area contributed by atoms with Crippen LogP contribution in [-0.4, -0.2) is 10.8 Å². The summed E-state index contributed by atoms with van der Waals surface area (Å²) in [5.41, 5.74) is 0.934. The molecule has 1 aromatic rings. The molecule has 0 aliphatic rings. The van der Waals surface area contributed by atoms with Gasteiger partial charge in [-0.2, -0.15) is 0 Å². The third-order valence-electron chi connectivity index (χ3n) is 2.78. The van der Waals surface area contributed by atoms with E-state index in [1.807, 2.05) is 39.8 Å². The lowest BCUT2D eigenvalue weighted by atomic mass is 10.2. The maximum Gasteiger partial charge on any atom is 0.0315 e. The van der Waals surface area contributed by atoms with Crippen molar-refractivity contribution in [3.8, 4) is 12.3 Å². The average Bonchev–Trinajstić information content (AvgIpc) is 2.62. The number of rotatable bonds is 8. The zero-order valence-electron chi connectivity index (χ0n) is 16.8. The van der Waals surface area contributed by atoms with Crippen molar-refractivity contribution in [2.45, 2.75) is 72.6 Å². The minimum atomic E-state index is 0.642. The second kappa shape index (κ2) is 18.0. The molecule has 0 fully saturated rings. The summed E-state index contributed by atoms with van der Waals surface area (Å²) in [6, 6.07) is 8.17. The molecule has 1 aromatic carbocycles. The number of hydrogen-bond donors (Lipinski definition) is 0. The van der Waals surface area contributed by atoms with E-state index in [4.69, 9.17) is 6.42 Å². The first kappa shape index (κ1) is 24.9. The van der Waals surface area contributed by atoms with Crippen molar-refractivity contribution >= 4 is 11.9 Å². The third kappa shape index (κ3) is 13.1. The number of unbranched alkanes of at least 4 members (excludes halogenated alkanes) is 2. The van der Waals surface area contributed by atoms with Crippen molar-refractivity contribution in [1.29, 1.82) is 0 Å². The Kier molecular flexibility index (Phi) is 18.7. The molecule has 0 aromatic heterocycles. The van der Waals surface area contributed by atoms with Crippen LogP contribution in [0.2, 0.25) is 0 Å². The van der Waals surface area contributed by atoms with Crippen molar-refractivity contribution in [2.24, 2.45) is 5.92 Å². The molecule has 0 aliphatic carbocycles. The van der Waals surface area contributed by atoms with Gasteiger partial charge in [-0.15, -0.1) is 6.42 Å². The molecular weight excluding hydrogens is 310 g/mol. The Balaban J connectivity index is 0. The minimum Gasteiger partial charge on any atom is -0.319 e. The van der Waals surface area contributed by atoms with Gasteiger partial charge in [0, 0.05) is 23.2 Å². The Morgan fingerprint density at radius 2 is 1.71 bits per heavy atom. The zero-order valence-corrected chi connectivity index (χ0v) is 17.6. The van der Waals surface area contributed by atoms with E-state index in [0.717, 1.165) is 18.5 Å². The lowest BCUT2D eigenvalue weighted by Gasteiger charge is -2.21. The molecule has 0 N–H and O–H groups in total. The molecule has 1 nitrogen and oxygen atoms in total. The van der Waals surface area contributed by atoms with Gasteiger partial charge >= 0.3 is 0 Å². The molecule has 0 atom stereocenters. The molecule has 0 unspecified atom stereocenters. The molecule has 0 bridgehead atoms. The van der Waals surface area contributed by atoms with Crippen LogP contribution >= 0.6 is 11.9 Å². The van der Waals surface area contributed by atoms with Crippen LogP contribution in [0.1, 0.15) is 73.3 Å². The second-order valence-corrected chi connectivity index (χ2v) is 6.40. The Bertz CT molecular complexity index is 440. The van der Waals surface area contributed by atoms with E-state index in [1.54, 1.807) is 11.9 Å². The number of terminal acetylenes is 1. The molecule has 2 heteroatoms. The summed E-state index contributed by atoms with van der Waals surface area (Å²) in [6.07, 6.45) is 13.5. The van der Waals surface area contributed by atoms with Crippen LogP contribution in [0.3, 0.4) is 0 Å². The van der Waals surface area contributed by atoms with Gasteiger partial charge in [-0.05, 0) is 48.6 Å². The van der Waals surface area contributed by atoms with Gasteiger partial charge in [0.15, 0.2) is 0 Å². The largest absolute Gasteiger partial charge is 0.319 e. The predicted molar refractivity (Wildman–Crippen MR) is 113 cm³/mol. The van der Waals surface area contributed by atoms with Crippen LogP contribution in [0, 0.1) is 18.3 Å². The summed E-state index contributed by atoms with van der Waals surface area (Å²) in [6.45, 7) is 15.8. The molecule has 0 amide bonds. The third-order valence-corrected chi connectivity index (χ3v) is 3.77. The van der Waals surface area contributed by atoms with Gasteiger partial charge in [-0.25, -0.2) is 0 Å². The Hall–Kier alpha value is -1.33. The average molecular weight is 348 g/mol. The van der Waals surface area contributed by atoms with E-state index < -0.39 is 0 Å². The SMILES string of the molecule is C#Cc1ccc(SN(/C=C/CCCC)CC(C)C)cc1.CC.CC. The van der Waals surface area contributed by atoms with Gasteiger partial charge < -0.3 is 4.31 Å². The number of nitrogens with zero attached hydrogens (tertiary/aromatic N) is 1. The summed E-state index contributed by atoms with van der Waals surface area (Å²) in [5, 5.41) is 0. The lowest BCUT2D eigenvalue weighted by molar-refractivity contribution is 0.495. The van der Waals surface area contributed by atoms with Gasteiger partial charge in [-0.1, -0.05) is 73.3 Å². The first-order chi connectivity index (χ1) is 11.7. The second-order valence-electron chi connectivity index (χ2n) is 5.28. The van der Waals surface area contributed by atoms with Crippen molar-refractivity contribution < 1.29 is 0 Å². The smallest absolute Gasteiger partial charge is 0.0315 e. The van der Waals surface area contributed by atoms with Crippen molar-refractivity contribution in [3.05, 3.63) is 42.1 Å². The van der Waals surface area contributed by atoms with Crippen LogP contribution in [0.4, 0.5) is 0 Å². The summed E-state index contributed by atoms with van der Waals surface area (Å²) in [5.74, 6) is 3.29. The van der Waals surface area contributed by atoms with Crippen LogP contribution in [0.15, 0.2) is 41.4 Å². The Morgan fingerprint density at radius 1 is 1.12 bits per heavy atom. The van der Waals surface area contributed by atoms with Crippen LogP contribution in [0.25, 0.3) is 0 Å². The van der Waals surface area contributed by atoms with Crippen LogP contribution < -0.4 is 0 Å². The maximum absolute atomic E-state index is 5.38. The summed E-state index contributed by atoms with van der Waals surface area (Å²) < 4.78 is 2.31. The lowest BCUT2D eigenvalue weighted by Crippen LogP contribution is -2.14. The zero-order chi connectivity index (χ0) is 18.8. The monoisotopic (exact) mass is 347 g/mol. The molecule has 0 aliphatic heterocycles. The highest BCUT2D eigenvalue weighted by Crippen LogP contribution is 2.24. The van der Waals surface area contributed by atoms with E-state index in [0.29, 0.717) is 5.92 Å². The molecule has 24 heavy (non-hydrogen) atoms. The van der Waals surface area contributed by atoms with Crippen molar-refractivity contribution in [1.82, 2.24) is 4.31 Å². The molecule has 0 saturated carbocycles. The van der Waals surface area contributed by atoms with Gasteiger partial charge in [0.25, 0.3) is 0 Å². The highest BCUT2D eigenvalue weighted by atomic mass is 32.2. The number of allylic oxidation sites excluding steroid dienone is 1. The van der Waals surface area contributed by atoms with Crippen LogP contribution in [-0.2, 0) is 0 Å². The summed E-state index contributed by atoms with van der Waals surface area (Å²) in [4.78, 5) is 1.23. The fraction of sp³-hybridized carbons (Fsp3) is 0.545. The summed E-state index contributed by atoms with van der Waals surface area (Å²) in [7, 11) is 0. The highest BCUT2D eigenvalue weighted by Gasteiger charge is 2.05. The van der Waals surface area contributed by atoms with E-state index in [2.05, 4.69) is 55.4 Å². The molecule has 0 radical (unpaired) electrons. The minimum absolute atomic E-state index is 0.642. The first-order valence-electron chi connectivity index (χ1n) is 9.33. The van der Waals surface area contributed by atoms with E-state index in [9.17, 15) is 0 Å². The van der Waals surface area contributed by atoms with E-state index in [-0.39, 0.29) is 0 Å². The molecule has 136 valence electrons. The predicted octanol–water partition coefficient (Wildman–Crippen LogP) is 7.39. The quantitative estimate of drug-likeness (QED) is 0.274. The van der Waals surface area contributed by atoms with E-state index in [1.165, 1.54) is 17.7 Å². The highest BCUT2D eigenvalue weighted by molar-refractivity contribution is 7.97. The Morgan fingerprint density at radius 3 is 2.17 bits per heavy atom. The molecule has 0 heterocycles. The molecule has 0 spiro atoms. The first-order valence-corrected chi connectivity index (χ1v) is 10.1. The maximum atomic E-state index is 5.38. The fourth-order valence-corrected chi connectivity index (χ4v) is 2.80. The summed E-state index contributed by atoms with van der Waals surface area (Å²) >= 11 is 1.77. The van der Waals surface area contributed by atoms with Gasteiger partial charge in [0.05, 0.1) is 0 Å². The Labute approximate surface area is 156 Å². The van der Waals surface area contributed by atoms with Gasteiger partial charge in [-0.3, -0.25) is 0 Å². The fourth-order valence-electron chi connectivity index (χ4n) is 1.75. The number of benzene rings is 1. The molecular formula is C22H37NS. The van der Waals surface area contributed by atoms with E-state index >= 15 is 0 Å². The number of hydrogen-bond acceptors (Lipinski definition) is 2. The normalized spacial score (nSPS) is 9.62. The topological polar surface area (TPSA) is 3.24 Å². The molecule has 1 rings (SSSR count). The van der Waals surface area contributed by atoms with Gasteiger partial charge in [0.1, 0.15) is 0 Å². The molecule has 0 saturated heterocycles. The van der Waals surface area contributed by atoms with Crippen molar-refractivity contribution in [3.63, 3.8) is 0 Å².